The number of rotatable bonds is 4. The van der Waals surface area contributed by atoms with E-state index in [2.05, 4.69) is 24.1 Å². The molecule has 0 aromatic rings. The van der Waals surface area contributed by atoms with Crippen LogP contribution in [0.15, 0.2) is 0 Å². The molecule has 0 saturated carbocycles. The lowest BCUT2D eigenvalue weighted by molar-refractivity contribution is 0.138. The van der Waals surface area contributed by atoms with Crippen molar-refractivity contribution in [1.29, 1.82) is 0 Å². The van der Waals surface area contributed by atoms with Gasteiger partial charge in [-0.3, -0.25) is 0 Å². The van der Waals surface area contributed by atoms with Gasteiger partial charge >= 0.3 is 0 Å². The third-order valence-corrected chi connectivity index (χ3v) is 2.19. The van der Waals surface area contributed by atoms with Gasteiger partial charge in [0.1, 0.15) is 0 Å². The molecule has 0 aliphatic carbocycles. The van der Waals surface area contributed by atoms with Gasteiger partial charge in [-0.1, -0.05) is 0 Å². The van der Waals surface area contributed by atoms with Crippen molar-refractivity contribution in [3.05, 3.63) is 0 Å². The lowest BCUT2D eigenvalue weighted by Crippen LogP contribution is -2.45. The first-order valence-corrected chi connectivity index (χ1v) is 4.55. The molecule has 12 heavy (non-hydrogen) atoms. The second kappa shape index (κ2) is 6.20. The summed E-state index contributed by atoms with van der Waals surface area (Å²) >= 11 is 5.13. The summed E-state index contributed by atoms with van der Waals surface area (Å²) in [4.78, 5) is 2.10. The van der Waals surface area contributed by atoms with Crippen molar-refractivity contribution >= 4 is 17.3 Å². The summed E-state index contributed by atoms with van der Waals surface area (Å²) in [6.45, 7) is 5.78. The van der Waals surface area contributed by atoms with E-state index in [1.807, 2.05) is 7.05 Å². The van der Waals surface area contributed by atoms with E-state index in [1.54, 1.807) is 7.11 Å². The lowest BCUT2D eigenvalue weighted by Gasteiger charge is -2.29. The Kier molecular flexibility index (Phi) is 6.02. The first-order valence-electron chi connectivity index (χ1n) is 4.14. The molecule has 0 bridgehead atoms. The normalized spacial score (nSPS) is 12.3. The van der Waals surface area contributed by atoms with Crippen LogP contribution in [0, 0.1) is 0 Å². The van der Waals surface area contributed by atoms with Crippen LogP contribution in [0.5, 0.6) is 0 Å². The molecule has 3 nitrogen and oxygen atoms in total. The number of methoxy groups -OCH3 is 1. The van der Waals surface area contributed by atoms with Crippen LogP contribution >= 0.6 is 12.2 Å². The smallest absolute Gasteiger partial charge is 0.168 e. The monoisotopic (exact) mass is 190 g/mol. The minimum atomic E-state index is 0.333. The van der Waals surface area contributed by atoms with Crippen LogP contribution in [-0.2, 0) is 4.74 Å². The van der Waals surface area contributed by atoms with E-state index < -0.39 is 0 Å². The third kappa shape index (κ3) is 3.36. The molecule has 72 valence electrons. The van der Waals surface area contributed by atoms with Gasteiger partial charge < -0.3 is 15.0 Å². The number of nitrogens with one attached hydrogen (secondary N) is 1. The molecule has 0 aliphatic rings. The van der Waals surface area contributed by atoms with Gasteiger partial charge in [-0.15, -0.1) is 0 Å². The SMILES string of the molecule is CCN(C(=S)NC)C(C)COC. The molecule has 0 spiro atoms. The standard InChI is InChI=1S/C8H18N2OS/c1-5-10(8(12)9-3)7(2)6-11-4/h7H,5-6H2,1-4H3,(H,9,12). The van der Waals surface area contributed by atoms with Crippen LogP contribution < -0.4 is 5.32 Å². The number of likely N-dealkylation sites (N-methyl/N-ethyl adjacent to an activating group) is 1. The summed E-state index contributed by atoms with van der Waals surface area (Å²) < 4.78 is 5.05. The summed E-state index contributed by atoms with van der Waals surface area (Å²) in [7, 11) is 3.54. The molecule has 1 unspecified atom stereocenters. The van der Waals surface area contributed by atoms with E-state index in [0.717, 1.165) is 11.7 Å². The van der Waals surface area contributed by atoms with Gasteiger partial charge in [-0.05, 0) is 26.1 Å². The fraction of sp³-hybridized carbons (Fsp3) is 0.875. The third-order valence-electron chi connectivity index (χ3n) is 1.76. The van der Waals surface area contributed by atoms with Crippen molar-refractivity contribution in [2.75, 3.05) is 27.3 Å². The highest BCUT2D eigenvalue weighted by molar-refractivity contribution is 7.80. The first kappa shape index (κ1) is 11.6. The minimum Gasteiger partial charge on any atom is -0.383 e. The Morgan fingerprint density at radius 3 is 2.58 bits per heavy atom. The van der Waals surface area contributed by atoms with Crippen molar-refractivity contribution in [3.63, 3.8) is 0 Å². The van der Waals surface area contributed by atoms with Crippen molar-refractivity contribution in [2.45, 2.75) is 19.9 Å². The van der Waals surface area contributed by atoms with E-state index in [4.69, 9.17) is 17.0 Å². The van der Waals surface area contributed by atoms with Gasteiger partial charge in [0.25, 0.3) is 0 Å². The van der Waals surface area contributed by atoms with E-state index in [9.17, 15) is 0 Å². The van der Waals surface area contributed by atoms with Crippen LogP contribution in [0.4, 0.5) is 0 Å². The predicted octanol–water partition coefficient (Wildman–Crippen LogP) is 0.847. The Hall–Kier alpha value is -0.350. The lowest BCUT2D eigenvalue weighted by atomic mass is 10.3. The van der Waals surface area contributed by atoms with Crippen molar-refractivity contribution < 1.29 is 4.74 Å². The quantitative estimate of drug-likeness (QED) is 0.664. The molecule has 0 aromatic heterocycles. The zero-order valence-corrected chi connectivity index (χ0v) is 9.07. The van der Waals surface area contributed by atoms with Crippen molar-refractivity contribution in [2.24, 2.45) is 0 Å². The molecule has 0 amide bonds. The topological polar surface area (TPSA) is 24.5 Å². The summed E-state index contributed by atoms with van der Waals surface area (Å²) in [5.41, 5.74) is 0. The Balaban J connectivity index is 4.03. The maximum atomic E-state index is 5.13. The predicted molar refractivity (Wildman–Crippen MR) is 55.4 cm³/mol. The molecule has 0 radical (unpaired) electrons. The molecular weight excluding hydrogens is 172 g/mol. The highest BCUT2D eigenvalue weighted by atomic mass is 32.1. The van der Waals surface area contributed by atoms with Gasteiger partial charge in [0.15, 0.2) is 5.11 Å². The molecule has 1 atom stereocenters. The second-order valence-corrected chi connectivity index (χ2v) is 3.03. The number of hydrogen-bond donors (Lipinski definition) is 1. The van der Waals surface area contributed by atoms with Gasteiger partial charge in [-0.25, -0.2) is 0 Å². The summed E-state index contributed by atoms with van der Waals surface area (Å²) in [5.74, 6) is 0. The van der Waals surface area contributed by atoms with Gasteiger partial charge in [-0.2, -0.15) is 0 Å². The summed E-state index contributed by atoms with van der Waals surface area (Å²) in [5, 5.41) is 3.74. The maximum absolute atomic E-state index is 5.13. The van der Waals surface area contributed by atoms with E-state index in [1.165, 1.54) is 0 Å². The molecule has 0 aromatic carbocycles. The Morgan fingerprint density at radius 2 is 2.25 bits per heavy atom. The van der Waals surface area contributed by atoms with Crippen LogP contribution in [0.25, 0.3) is 0 Å². The molecule has 4 heteroatoms. The zero-order valence-electron chi connectivity index (χ0n) is 8.26. The van der Waals surface area contributed by atoms with Crippen LogP contribution in [0.1, 0.15) is 13.8 Å². The van der Waals surface area contributed by atoms with Crippen molar-refractivity contribution in [1.82, 2.24) is 10.2 Å². The largest absolute Gasteiger partial charge is 0.383 e. The minimum absolute atomic E-state index is 0.333. The number of thiocarbonyl (C=S) groups is 1. The van der Waals surface area contributed by atoms with E-state index in [0.29, 0.717) is 12.6 Å². The molecule has 0 heterocycles. The maximum Gasteiger partial charge on any atom is 0.168 e. The molecule has 0 fully saturated rings. The molecule has 1 N–H and O–H groups in total. The Bertz CT molecular complexity index is 141. The van der Waals surface area contributed by atoms with E-state index >= 15 is 0 Å². The highest BCUT2D eigenvalue weighted by Crippen LogP contribution is 1.99. The number of ether oxygens (including phenoxy) is 1. The fourth-order valence-electron chi connectivity index (χ4n) is 1.13. The zero-order chi connectivity index (χ0) is 9.56. The number of nitrogens with zero attached hydrogens (tertiary/aromatic N) is 1. The second-order valence-electron chi connectivity index (χ2n) is 2.65. The molecule has 0 aliphatic heterocycles. The van der Waals surface area contributed by atoms with E-state index in [-0.39, 0.29) is 0 Å². The van der Waals surface area contributed by atoms with Gasteiger partial charge in [0.05, 0.1) is 12.6 Å². The van der Waals surface area contributed by atoms with Crippen molar-refractivity contribution in [3.8, 4) is 0 Å². The Morgan fingerprint density at radius 1 is 1.67 bits per heavy atom. The summed E-state index contributed by atoms with van der Waals surface area (Å²) in [6.07, 6.45) is 0. The molecular formula is C8H18N2OS. The average molecular weight is 190 g/mol. The Labute approximate surface area is 80.1 Å². The van der Waals surface area contributed by atoms with Gasteiger partial charge in [0, 0.05) is 20.7 Å². The average Bonchev–Trinajstić information content (AvgIpc) is 2.06. The first-order chi connectivity index (χ1) is 5.67. The number of hydrogen-bond acceptors (Lipinski definition) is 2. The van der Waals surface area contributed by atoms with Gasteiger partial charge in [0.2, 0.25) is 0 Å². The van der Waals surface area contributed by atoms with Crippen LogP contribution in [0.3, 0.4) is 0 Å². The molecule has 0 saturated heterocycles. The highest BCUT2D eigenvalue weighted by Gasteiger charge is 2.13. The fourth-order valence-corrected chi connectivity index (χ4v) is 1.44. The van der Waals surface area contributed by atoms with Crippen LogP contribution in [0.2, 0.25) is 0 Å². The summed E-state index contributed by atoms with van der Waals surface area (Å²) in [6, 6.07) is 0.333. The van der Waals surface area contributed by atoms with Crippen LogP contribution in [-0.4, -0.2) is 43.4 Å². The molecule has 0 rings (SSSR count).